The predicted octanol–water partition coefficient (Wildman–Crippen LogP) is 5.06. The van der Waals surface area contributed by atoms with Gasteiger partial charge in [0.2, 0.25) is 0 Å². The molecular weight excluding hydrogens is 404 g/mol. The third-order valence-electron chi connectivity index (χ3n) is 5.04. The summed E-state index contributed by atoms with van der Waals surface area (Å²) in [5.74, 6) is 0.684. The van der Waals surface area contributed by atoms with Gasteiger partial charge < -0.3 is 4.57 Å². The van der Waals surface area contributed by atoms with Crippen LogP contribution >= 0.6 is 22.9 Å². The molecule has 5 aromatic rings. The van der Waals surface area contributed by atoms with Crippen LogP contribution in [0, 0.1) is 0 Å². The Morgan fingerprint density at radius 2 is 1.90 bits per heavy atom. The van der Waals surface area contributed by atoms with Gasteiger partial charge in [0, 0.05) is 22.7 Å². The molecule has 0 aliphatic rings. The molecule has 0 unspecified atom stereocenters. The zero-order valence-electron chi connectivity index (χ0n) is 15.7. The van der Waals surface area contributed by atoms with Crippen molar-refractivity contribution < 1.29 is 0 Å². The van der Waals surface area contributed by atoms with Crippen LogP contribution in [0.25, 0.3) is 26.9 Å². The van der Waals surface area contributed by atoms with Crippen molar-refractivity contribution in [3.63, 3.8) is 0 Å². The second-order valence-electron chi connectivity index (χ2n) is 6.78. The summed E-state index contributed by atoms with van der Waals surface area (Å²) in [5.41, 5.74) is 2.72. The standard InChI is InChI=1S/C22H17ClN4OS/c1-2-26-13-24-20-21(26)25-19(11-14-12-29-18-6-4-3-5-17(14)18)27(22(20)28)16-9-7-15(23)8-10-16/h3-10,12-13H,2,11H2,1H3. The number of benzene rings is 2. The minimum atomic E-state index is -0.168. The molecule has 3 aromatic heterocycles. The Morgan fingerprint density at radius 1 is 1.10 bits per heavy atom. The third-order valence-corrected chi connectivity index (χ3v) is 6.31. The highest BCUT2D eigenvalue weighted by Crippen LogP contribution is 2.28. The first-order valence-electron chi connectivity index (χ1n) is 9.33. The topological polar surface area (TPSA) is 52.7 Å². The number of rotatable bonds is 4. The van der Waals surface area contributed by atoms with Crippen molar-refractivity contribution in [2.75, 3.05) is 0 Å². The van der Waals surface area contributed by atoms with Gasteiger partial charge >= 0.3 is 0 Å². The average molecular weight is 421 g/mol. The molecule has 0 atom stereocenters. The average Bonchev–Trinajstić information content (AvgIpc) is 3.34. The molecule has 29 heavy (non-hydrogen) atoms. The lowest BCUT2D eigenvalue weighted by atomic mass is 10.1. The first kappa shape index (κ1) is 18.1. The molecule has 7 heteroatoms. The molecule has 0 saturated heterocycles. The van der Waals surface area contributed by atoms with Crippen molar-refractivity contribution in [3.8, 4) is 5.69 Å². The van der Waals surface area contributed by atoms with E-state index in [2.05, 4.69) is 22.5 Å². The first-order valence-corrected chi connectivity index (χ1v) is 10.6. The smallest absolute Gasteiger partial charge is 0.286 e. The Labute approximate surface area is 175 Å². The van der Waals surface area contributed by atoms with Crippen LogP contribution in [0.2, 0.25) is 5.02 Å². The van der Waals surface area contributed by atoms with Gasteiger partial charge in [0.05, 0.1) is 12.0 Å². The van der Waals surface area contributed by atoms with Gasteiger partial charge in [-0.2, -0.15) is 0 Å². The van der Waals surface area contributed by atoms with Gasteiger partial charge in [-0.1, -0.05) is 29.8 Å². The van der Waals surface area contributed by atoms with Crippen LogP contribution in [0.4, 0.5) is 0 Å². The molecule has 2 aromatic carbocycles. The van der Waals surface area contributed by atoms with Crippen LogP contribution in [-0.2, 0) is 13.0 Å². The monoisotopic (exact) mass is 420 g/mol. The second-order valence-corrected chi connectivity index (χ2v) is 8.13. The highest BCUT2D eigenvalue weighted by atomic mass is 35.5. The zero-order valence-corrected chi connectivity index (χ0v) is 17.2. The number of nitrogens with zero attached hydrogens (tertiary/aromatic N) is 4. The molecule has 0 aliphatic heterocycles. The van der Waals surface area contributed by atoms with E-state index in [9.17, 15) is 4.79 Å². The van der Waals surface area contributed by atoms with Crippen molar-refractivity contribution >= 4 is 44.2 Å². The van der Waals surface area contributed by atoms with Crippen molar-refractivity contribution in [2.24, 2.45) is 0 Å². The van der Waals surface area contributed by atoms with Gasteiger partial charge in [-0.15, -0.1) is 11.3 Å². The fourth-order valence-corrected chi connectivity index (χ4v) is 4.67. The minimum Gasteiger partial charge on any atom is -0.315 e. The maximum Gasteiger partial charge on any atom is 0.286 e. The zero-order chi connectivity index (χ0) is 20.0. The Kier molecular flexibility index (Phi) is 4.45. The second kappa shape index (κ2) is 7.13. The van der Waals surface area contributed by atoms with Crippen molar-refractivity contribution in [3.05, 3.63) is 87.0 Å². The lowest BCUT2D eigenvalue weighted by molar-refractivity contribution is 0.766. The van der Waals surface area contributed by atoms with Crippen LogP contribution in [-0.4, -0.2) is 19.1 Å². The summed E-state index contributed by atoms with van der Waals surface area (Å²) >= 11 is 7.76. The van der Waals surface area contributed by atoms with Gasteiger partial charge in [0.15, 0.2) is 11.2 Å². The minimum absolute atomic E-state index is 0.168. The predicted molar refractivity (Wildman–Crippen MR) is 118 cm³/mol. The Hall–Kier alpha value is -2.96. The molecular formula is C22H17ClN4OS. The normalized spacial score (nSPS) is 11.5. The van der Waals surface area contributed by atoms with E-state index in [1.54, 1.807) is 34.4 Å². The summed E-state index contributed by atoms with van der Waals surface area (Å²) < 4.78 is 4.78. The van der Waals surface area contributed by atoms with E-state index in [1.807, 2.05) is 35.8 Å². The van der Waals surface area contributed by atoms with Crippen LogP contribution < -0.4 is 5.56 Å². The third kappa shape index (κ3) is 3.05. The number of aryl methyl sites for hydroxylation is 1. The number of thiophene rings is 1. The maximum absolute atomic E-state index is 13.4. The molecule has 0 fully saturated rings. The lowest BCUT2D eigenvalue weighted by Gasteiger charge is -2.13. The van der Waals surface area contributed by atoms with Crippen molar-refractivity contribution in [1.82, 2.24) is 19.1 Å². The van der Waals surface area contributed by atoms with Gasteiger partial charge in [-0.3, -0.25) is 9.36 Å². The Bertz CT molecular complexity index is 1400. The summed E-state index contributed by atoms with van der Waals surface area (Å²) in [6.07, 6.45) is 2.22. The van der Waals surface area contributed by atoms with Crippen molar-refractivity contribution in [1.29, 1.82) is 0 Å². The molecule has 5 nitrogen and oxygen atoms in total. The van der Waals surface area contributed by atoms with E-state index in [0.29, 0.717) is 35.0 Å². The fourth-order valence-electron chi connectivity index (χ4n) is 3.59. The number of hydrogen-bond donors (Lipinski definition) is 0. The molecule has 0 amide bonds. The quantitative estimate of drug-likeness (QED) is 0.408. The summed E-state index contributed by atoms with van der Waals surface area (Å²) in [6.45, 7) is 2.72. The fraction of sp³-hybridized carbons (Fsp3) is 0.136. The van der Waals surface area contributed by atoms with E-state index >= 15 is 0 Å². The highest BCUT2D eigenvalue weighted by molar-refractivity contribution is 7.17. The van der Waals surface area contributed by atoms with Gasteiger partial charge in [0.25, 0.3) is 5.56 Å². The number of aromatic nitrogens is 4. The number of halogens is 1. The van der Waals surface area contributed by atoms with Crippen LogP contribution in [0.1, 0.15) is 18.3 Å². The Morgan fingerprint density at radius 3 is 2.69 bits per heavy atom. The van der Waals surface area contributed by atoms with E-state index < -0.39 is 0 Å². The summed E-state index contributed by atoms with van der Waals surface area (Å²) in [7, 11) is 0. The molecule has 0 spiro atoms. The molecule has 0 radical (unpaired) electrons. The molecule has 3 heterocycles. The van der Waals surface area contributed by atoms with Crippen molar-refractivity contribution in [2.45, 2.75) is 19.9 Å². The first-order chi connectivity index (χ1) is 14.2. The van der Waals surface area contributed by atoms with Gasteiger partial charge in [-0.25, -0.2) is 9.97 Å². The molecule has 0 bridgehead atoms. The number of imidazole rings is 1. The summed E-state index contributed by atoms with van der Waals surface area (Å²) in [6, 6.07) is 15.5. The molecule has 5 rings (SSSR count). The van der Waals surface area contributed by atoms with Gasteiger partial charge in [0.1, 0.15) is 5.82 Å². The van der Waals surface area contributed by atoms with E-state index in [-0.39, 0.29) is 5.56 Å². The van der Waals surface area contributed by atoms with Crippen LogP contribution in [0.3, 0.4) is 0 Å². The number of fused-ring (bicyclic) bond motifs is 2. The SMILES string of the molecule is CCn1cnc2c(=O)n(-c3ccc(Cl)cc3)c(Cc3csc4ccccc34)nc21. The van der Waals surface area contributed by atoms with Crippen LogP contribution in [0.15, 0.2) is 65.0 Å². The van der Waals surface area contributed by atoms with Crippen LogP contribution in [0.5, 0.6) is 0 Å². The molecule has 0 saturated carbocycles. The maximum atomic E-state index is 13.4. The largest absolute Gasteiger partial charge is 0.315 e. The summed E-state index contributed by atoms with van der Waals surface area (Å²) in [5, 5.41) is 3.96. The van der Waals surface area contributed by atoms with E-state index in [4.69, 9.17) is 16.6 Å². The Balaban J connectivity index is 1.76. The lowest BCUT2D eigenvalue weighted by Crippen LogP contribution is -2.24. The number of hydrogen-bond acceptors (Lipinski definition) is 4. The van der Waals surface area contributed by atoms with E-state index in [0.717, 1.165) is 11.3 Å². The molecule has 144 valence electrons. The van der Waals surface area contributed by atoms with Gasteiger partial charge in [-0.05, 0) is 53.6 Å². The highest BCUT2D eigenvalue weighted by Gasteiger charge is 2.18. The summed E-state index contributed by atoms with van der Waals surface area (Å²) in [4.78, 5) is 22.6. The molecule has 0 N–H and O–H groups in total. The van der Waals surface area contributed by atoms with E-state index in [1.165, 1.54) is 10.1 Å². The molecule has 0 aliphatic carbocycles.